The van der Waals surface area contributed by atoms with Gasteiger partial charge in [0.05, 0.1) is 0 Å². The Morgan fingerprint density at radius 1 is 1.40 bits per heavy atom. The van der Waals surface area contributed by atoms with E-state index in [2.05, 4.69) is 15.5 Å². The summed E-state index contributed by atoms with van der Waals surface area (Å²) >= 11 is 0. The SMILES string of the molecule is CC(C)(C)OC(=O)N1CCC(Nc2cccnn2)CC1. The number of nitrogens with one attached hydrogen (secondary N) is 1. The molecule has 0 aliphatic carbocycles. The van der Waals surface area contributed by atoms with Gasteiger partial charge in [0.1, 0.15) is 11.4 Å². The van der Waals surface area contributed by atoms with E-state index in [4.69, 9.17) is 4.74 Å². The summed E-state index contributed by atoms with van der Waals surface area (Å²) < 4.78 is 5.37. The van der Waals surface area contributed by atoms with E-state index in [1.165, 1.54) is 0 Å². The number of carbonyl (C=O) groups excluding carboxylic acids is 1. The quantitative estimate of drug-likeness (QED) is 0.899. The minimum atomic E-state index is -0.439. The zero-order valence-electron chi connectivity index (χ0n) is 12.3. The van der Waals surface area contributed by atoms with Gasteiger partial charge in [-0.3, -0.25) is 0 Å². The van der Waals surface area contributed by atoms with Gasteiger partial charge < -0.3 is 15.0 Å². The van der Waals surface area contributed by atoms with E-state index in [1.54, 1.807) is 11.1 Å². The third-order valence-corrected chi connectivity index (χ3v) is 3.07. The Balaban J connectivity index is 1.79. The second-order valence-corrected chi connectivity index (χ2v) is 5.99. The summed E-state index contributed by atoms with van der Waals surface area (Å²) in [6, 6.07) is 4.07. The lowest BCUT2D eigenvalue weighted by molar-refractivity contribution is 0.0210. The standard InChI is InChI=1S/C14H22N4O2/c1-14(2,3)20-13(19)18-9-6-11(7-10-18)16-12-5-4-8-15-17-12/h4-5,8,11H,6-7,9-10H2,1-3H3,(H,16,17). The maximum atomic E-state index is 11.9. The number of nitrogens with zero attached hydrogens (tertiary/aromatic N) is 3. The average Bonchev–Trinajstić information content (AvgIpc) is 2.39. The molecular weight excluding hydrogens is 256 g/mol. The van der Waals surface area contributed by atoms with Crippen molar-refractivity contribution in [3.63, 3.8) is 0 Å². The summed E-state index contributed by atoms with van der Waals surface area (Å²) in [5.74, 6) is 0.781. The lowest BCUT2D eigenvalue weighted by Crippen LogP contribution is -2.44. The van der Waals surface area contributed by atoms with E-state index in [1.807, 2.05) is 32.9 Å². The Morgan fingerprint density at radius 2 is 2.10 bits per heavy atom. The topological polar surface area (TPSA) is 67.3 Å². The molecule has 1 amide bonds. The Kier molecular flexibility index (Phi) is 4.42. The second-order valence-electron chi connectivity index (χ2n) is 5.99. The van der Waals surface area contributed by atoms with E-state index < -0.39 is 5.60 Å². The first-order chi connectivity index (χ1) is 9.44. The molecule has 0 aromatic carbocycles. The van der Waals surface area contributed by atoms with Crippen molar-refractivity contribution in [1.29, 1.82) is 0 Å². The smallest absolute Gasteiger partial charge is 0.410 e. The summed E-state index contributed by atoms with van der Waals surface area (Å²) in [6.07, 6.45) is 3.19. The van der Waals surface area contributed by atoms with Crippen molar-refractivity contribution in [1.82, 2.24) is 15.1 Å². The lowest BCUT2D eigenvalue weighted by atomic mass is 10.1. The Hall–Kier alpha value is -1.85. The van der Waals surface area contributed by atoms with Gasteiger partial charge in [0.25, 0.3) is 0 Å². The van der Waals surface area contributed by atoms with Gasteiger partial charge in [-0.15, -0.1) is 5.10 Å². The van der Waals surface area contributed by atoms with Crippen molar-refractivity contribution < 1.29 is 9.53 Å². The van der Waals surface area contributed by atoms with Crippen LogP contribution in [0.3, 0.4) is 0 Å². The molecule has 0 unspecified atom stereocenters. The third-order valence-electron chi connectivity index (χ3n) is 3.07. The molecule has 6 nitrogen and oxygen atoms in total. The van der Waals surface area contributed by atoms with Crippen LogP contribution in [-0.4, -0.2) is 45.9 Å². The average molecular weight is 278 g/mol. The molecule has 1 aliphatic heterocycles. The molecule has 0 spiro atoms. The molecule has 1 aromatic heterocycles. The van der Waals surface area contributed by atoms with Crippen molar-refractivity contribution >= 4 is 11.9 Å². The van der Waals surface area contributed by atoms with Crippen LogP contribution in [0.5, 0.6) is 0 Å². The number of ether oxygens (including phenoxy) is 1. The van der Waals surface area contributed by atoms with Crippen LogP contribution in [0.15, 0.2) is 18.3 Å². The fourth-order valence-corrected chi connectivity index (χ4v) is 2.12. The Labute approximate surface area is 119 Å². The highest BCUT2D eigenvalue weighted by molar-refractivity contribution is 5.68. The van der Waals surface area contributed by atoms with Crippen molar-refractivity contribution in [2.75, 3.05) is 18.4 Å². The number of likely N-dealkylation sites (tertiary alicyclic amines) is 1. The van der Waals surface area contributed by atoms with Crippen molar-refractivity contribution in [3.05, 3.63) is 18.3 Å². The van der Waals surface area contributed by atoms with E-state index in [0.29, 0.717) is 19.1 Å². The van der Waals surface area contributed by atoms with Gasteiger partial charge in [0.15, 0.2) is 0 Å². The Morgan fingerprint density at radius 3 is 2.65 bits per heavy atom. The molecule has 0 saturated carbocycles. The third kappa shape index (κ3) is 4.36. The van der Waals surface area contributed by atoms with Gasteiger partial charge in [-0.1, -0.05) is 0 Å². The summed E-state index contributed by atoms with van der Waals surface area (Å²) in [4.78, 5) is 13.7. The molecule has 1 fully saturated rings. The van der Waals surface area contributed by atoms with Gasteiger partial charge in [-0.25, -0.2) is 4.79 Å². The first kappa shape index (κ1) is 14.6. The molecule has 1 saturated heterocycles. The van der Waals surface area contributed by atoms with Crippen molar-refractivity contribution in [2.24, 2.45) is 0 Å². The summed E-state index contributed by atoms with van der Waals surface area (Å²) in [7, 11) is 0. The molecule has 110 valence electrons. The van der Waals surface area contributed by atoms with Crippen molar-refractivity contribution in [3.8, 4) is 0 Å². The lowest BCUT2D eigenvalue weighted by Gasteiger charge is -2.33. The number of amides is 1. The van der Waals surface area contributed by atoms with Crippen LogP contribution in [-0.2, 0) is 4.74 Å². The molecule has 2 rings (SSSR count). The number of hydrogen-bond acceptors (Lipinski definition) is 5. The fraction of sp³-hybridized carbons (Fsp3) is 0.643. The van der Waals surface area contributed by atoms with Gasteiger partial charge >= 0.3 is 6.09 Å². The van der Waals surface area contributed by atoms with Crippen LogP contribution in [0.25, 0.3) is 0 Å². The maximum Gasteiger partial charge on any atom is 0.410 e. The minimum absolute atomic E-state index is 0.226. The molecule has 1 aromatic rings. The van der Waals surface area contributed by atoms with Gasteiger partial charge in [0.2, 0.25) is 0 Å². The summed E-state index contributed by atoms with van der Waals surface area (Å²) in [5, 5.41) is 11.2. The van der Waals surface area contributed by atoms with Gasteiger partial charge in [-0.05, 0) is 45.7 Å². The van der Waals surface area contributed by atoms with E-state index in [0.717, 1.165) is 18.7 Å². The largest absolute Gasteiger partial charge is 0.444 e. The van der Waals surface area contributed by atoms with Crippen LogP contribution >= 0.6 is 0 Å². The fourth-order valence-electron chi connectivity index (χ4n) is 2.12. The monoisotopic (exact) mass is 278 g/mol. The first-order valence-electron chi connectivity index (χ1n) is 6.96. The molecule has 20 heavy (non-hydrogen) atoms. The van der Waals surface area contributed by atoms with E-state index >= 15 is 0 Å². The molecule has 0 radical (unpaired) electrons. The number of anilines is 1. The molecule has 1 N–H and O–H groups in total. The van der Waals surface area contributed by atoms with Crippen LogP contribution in [0, 0.1) is 0 Å². The zero-order valence-corrected chi connectivity index (χ0v) is 12.3. The van der Waals surface area contributed by atoms with E-state index in [9.17, 15) is 4.79 Å². The minimum Gasteiger partial charge on any atom is -0.444 e. The van der Waals surface area contributed by atoms with Gasteiger partial charge in [-0.2, -0.15) is 5.10 Å². The summed E-state index contributed by atoms with van der Waals surface area (Å²) in [6.45, 7) is 7.05. The summed E-state index contributed by atoms with van der Waals surface area (Å²) in [5.41, 5.74) is -0.439. The highest BCUT2D eigenvalue weighted by Crippen LogP contribution is 2.17. The normalized spacial score (nSPS) is 16.9. The number of hydrogen-bond donors (Lipinski definition) is 1. The second kappa shape index (κ2) is 6.07. The van der Waals surface area contributed by atoms with Crippen LogP contribution in [0.2, 0.25) is 0 Å². The van der Waals surface area contributed by atoms with Gasteiger partial charge in [0, 0.05) is 25.3 Å². The number of piperidine rings is 1. The van der Waals surface area contributed by atoms with Crippen LogP contribution in [0.4, 0.5) is 10.6 Å². The highest BCUT2D eigenvalue weighted by Gasteiger charge is 2.26. The van der Waals surface area contributed by atoms with Crippen LogP contribution in [0.1, 0.15) is 33.6 Å². The first-order valence-corrected chi connectivity index (χ1v) is 6.96. The molecular formula is C14H22N4O2. The molecule has 0 bridgehead atoms. The van der Waals surface area contributed by atoms with Crippen molar-refractivity contribution in [2.45, 2.75) is 45.3 Å². The molecule has 2 heterocycles. The number of rotatable bonds is 2. The van der Waals surface area contributed by atoms with E-state index in [-0.39, 0.29) is 6.09 Å². The maximum absolute atomic E-state index is 11.9. The Bertz CT molecular complexity index is 436. The number of carbonyl (C=O) groups is 1. The highest BCUT2D eigenvalue weighted by atomic mass is 16.6. The number of aromatic nitrogens is 2. The molecule has 0 atom stereocenters. The predicted molar refractivity (Wildman–Crippen MR) is 76.5 cm³/mol. The van der Waals surface area contributed by atoms with Crippen LogP contribution < -0.4 is 5.32 Å². The predicted octanol–water partition coefficient (Wildman–Crippen LogP) is 2.29. The molecule has 1 aliphatic rings. The zero-order chi connectivity index (χ0) is 14.6. The molecule has 6 heteroatoms.